The van der Waals surface area contributed by atoms with Crippen molar-refractivity contribution in [3.63, 3.8) is 0 Å². The van der Waals surface area contributed by atoms with Crippen LogP contribution in [0.1, 0.15) is 26.3 Å². The molecular weight excluding hydrogens is 490 g/mol. The molecule has 1 aromatic heterocycles. The van der Waals surface area contributed by atoms with Gasteiger partial charge in [0.15, 0.2) is 5.75 Å². The average molecular weight is 503 g/mol. The highest BCUT2D eigenvalue weighted by Gasteiger charge is 2.15. The molecule has 28 heavy (non-hydrogen) atoms. The smallest absolute Gasteiger partial charge is 0.343 e. The number of halogens is 2. The summed E-state index contributed by atoms with van der Waals surface area (Å²) in [5.41, 5.74) is 3.72. The number of rotatable bonds is 5. The summed E-state index contributed by atoms with van der Waals surface area (Å²) < 4.78 is 6.85. The molecule has 1 amide bonds. The summed E-state index contributed by atoms with van der Waals surface area (Å²) >= 11 is 6.78. The lowest BCUT2D eigenvalue weighted by Gasteiger charge is -2.10. The van der Waals surface area contributed by atoms with Crippen molar-refractivity contribution >= 4 is 50.0 Å². The predicted octanol–water partition coefficient (Wildman–Crippen LogP) is 4.59. The largest absolute Gasteiger partial charge is 0.421 e. The van der Waals surface area contributed by atoms with Crippen LogP contribution >= 0.6 is 31.9 Å². The molecule has 3 rings (SSSR count). The molecule has 0 aliphatic heterocycles. The van der Waals surface area contributed by atoms with Gasteiger partial charge in [0.05, 0.1) is 21.8 Å². The quantitative estimate of drug-likeness (QED) is 0.239. The summed E-state index contributed by atoms with van der Waals surface area (Å²) in [6.45, 7) is 0. The zero-order chi connectivity index (χ0) is 19.9. The number of nitrogens with zero attached hydrogens (tertiary/aromatic N) is 2. The maximum atomic E-state index is 12.4. The first-order valence-corrected chi connectivity index (χ1v) is 9.63. The van der Waals surface area contributed by atoms with Crippen molar-refractivity contribution in [2.45, 2.75) is 0 Å². The molecule has 0 aliphatic rings. The van der Waals surface area contributed by atoms with Gasteiger partial charge >= 0.3 is 5.97 Å². The van der Waals surface area contributed by atoms with Crippen LogP contribution in [0, 0.1) is 0 Å². The molecular formula is C20H13Br2N3O3. The zero-order valence-electron chi connectivity index (χ0n) is 14.3. The van der Waals surface area contributed by atoms with E-state index in [4.69, 9.17) is 4.74 Å². The van der Waals surface area contributed by atoms with Gasteiger partial charge in [-0.1, -0.05) is 34.1 Å². The van der Waals surface area contributed by atoms with Gasteiger partial charge in [-0.15, -0.1) is 0 Å². The molecule has 140 valence electrons. The number of nitrogens with one attached hydrogen (secondary N) is 1. The lowest BCUT2D eigenvalue weighted by Crippen LogP contribution is -2.18. The SMILES string of the molecule is O=C(NN=Cc1cc(Br)cc(Br)c1OC(=O)c1ccccc1)c1cccnc1. The number of hydrogen-bond donors (Lipinski definition) is 1. The van der Waals surface area contributed by atoms with Gasteiger partial charge in [-0.3, -0.25) is 9.78 Å². The topological polar surface area (TPSA) is 80.6 Å². The van der Waals surface area contributed by atoms with Crippen LogP contribution in [-0.2, 0) is 0 Å². The minimum absolute atomic E-state index is 0.288. The van der Waals surface area contributed by atoms with E-state index in [1.807, 2.05) is 6.07 Å². The highest BCUT2D eigenvalue weighted by atomic mass is 79.9. The van der Waals surface area contributed by atoms with Gasteiger partial charge in [0.2, 0.25) is 0 Å². The van der Waals surface area contributed by atoms with Gasteiger partial charge in [-0.2, -0.15) is 5.10 Å². The van der Waals surface area contributed by atoms with Gasteiger partial charge in [0.25, 0.3) is 5.91 Å². The van der Waals surface area contributed by atoms with E-state index in [0.29, 0.717) is 21.2 Å². The van der Waals surface area contributed by atoms with Gasteiger partial charge < -0.3 is 4.74 Å². The Labute approximate surface area is 177 Å². The van der Waals surface area contributed by atoms with Crippen molar-refractivity contribution in [1.29, 1.82) is 0 Å². The van der Waals surface area contributed by atoms with E-state index in [1.165, 1.54) is 12.4 Å². The highest BCUT2D eigenvalue weighted by molar-refractivity contribution is 9.11. The summed E-state index contributed by atoms with van der Waals surface area (Å²) in [6.07, 6.45) is 4.41. The molecule has 0 spiro atoms. The maximum Gasteiger partial charge on any atom is 0.343 e. The number of esters is 1. The van der Waals surface area contributed by atoms with E-state index in [2.05, 4.69) is 47.4 Å². The molecule has 6 nitrogen and oxygen atoms in total. The van der Waals surface area contributed by atoms with Crippen molar-refractivity contribution in [3.8, 4) is 5.75 Å². The van der Waals surface area contributed by atoms with Gasteiger partial charge in [0.1, 0.15) is 0 Å². The van der Waals surface area contributed by atoms with Crippen LogP contribution in [0.3, 0.4) is 0 Å². The molecule has 0 fully saturated rings. The Bertz CT molecular complexity index is 1030. The summed E-state index contributed by atoms with van der Waals surface area (Å²) in [6, 6.07) is 15.4. The van der Waals surface area contributed by atoms with Crippen LogP contribution in [0.25, 0.3) is 0 Å². The second-order valence-electron chi connectivity index (χ2n) is 5.50. The monoisotopic (exact) mass is 501 g/mol. The number of hydrazone groups is 1. The number of ether oxygens (including phenoxy) is 1. The molecule has 8 heteroatoms. The Hall–Kier alpha value is -2.84. The third kappa shape index (κ3) is 5.11. The van der Waals surface area contributed by atoms with E-state index >= 15 is 0 Å². The number of benzene rings is 2. The van der Waals surface area contributed by atoms with Crippen LogP contribution in [0.2, 0.25) is 0 Å². The predicted molar refractivity (Wildman–Crippen MR) is 113 cm³/mol. The summed E-state index contributed by atoms with van der Waals surface area (Å²) in [7, 11) is 0. The number of hydrogen-bond acceptors (Lipinski definition) is 5. The van der Waals surface area contributed by atoms with Crippen LogP contribution in [-0.4, -0.2) is 23.1 Å². The van der Waals surface area contributed by atoms with Crippen molar-refractivity contribution in [1.82, 2.24) is 10.4 Å². The van der Waals surface area contributed by atoms with E-state index in [-0.39, 0.29) is 5.75 Å². The summed E-state index contributed by atoms with van der Waals surface area (Å²) in [5, 5.41) is 3.96. The third-order valence-corrected chi connectivity index (χ3v) is 4.58. The molecule has 2 aromatic carbocycles. The molecule has 0 atom stereocenters. The Morgan fingerprint density at radius 3 is 2.50 bits per heavy atom. The lowest BCUT2D eigenvalue weighted by atomic mass is 10.2. The number of carbonyl (C=O) groups excluding carboxylic acids is 2. The minimum Gasteiger partial charge on any atom is -0.421 e. The zero-order valence-corrected chi connectivity index (χ0v) is 17.5. The average Bonchev–Trinajstić information content (AvgIpc) is 2.71. The fourth-order valence-corrected chi connectivity index (χ4v) is 3.57. The fourth-order valence-electron chi connectivity index (χ4n) is 2.23. The maximum absolute atomic E-state index is 12.4. The molecule has 3 aromatic rings. The number of carbonyl (C=O) groups is 2. The number of pyridine rings is 1. The van der Waals surface area contributed by atoms with Crippen LogP contribution < -0.4 is 10.2 Å². The van der Waals surface area contributed by atoms with Crippen molar-refractivity contribution in [3.05, 3.63) is 92.6 Å². The molecule has 0 aliphatic carbocycles. The van der Waals surface area contributed by atoms with E-state index in [9.17, 15) is 9.59 Å². The third-order valence-electron chi connectivity index (χ3n) is 3.53. The Morgan fingerprint density at radius 1 is 1.04 bits per heavy atom. The number of amides is 1. The fraction of sp³-hybridized carbons (Fsp3) is 0. The first-order chi connectivity index (χ1) is 13.5. The van der Waals surface area contributed by atoms with Crippen LogP contribution in [0.4, 0.5) is 0 Å². The van der Waals surface area contributed by atoms with Gasteiger partial charge in [-0.25, -0.2) is 10.2 Å². The second kappa shape index (κ2) is 9.38. The van der Waals surface area contributed by atoms with Crippen molar-refractivity contribution in [2.75, 3.05) is 0 Å². The van der Waals surface area contributed by atoms with Crippen LogP contribution in [0.5, 0.6) is 5.75 Å². The molecule has 1 N–H and O–H groups in total. The van der Waals surface area contributed by atoms with Gasteiger partial charge in [0, 0.05) is 22.4 Å². The van der Waals surface area contributed by atoms with Crippen LogP contribution in [0.15, 0.2) is 81.0 Å². The molecule has 0 bridgehead atoms. The normalized spacial score (nSPS) is 10.6. The Morgan fingerprint density at radius 2 is 1.79 bits per heavy atom. The lowest BCUT2D eigenvalue weighted by molar-refractivity contribution is 0.0733. The van der Waals surface area contributed by atoms with E-state index in [1.54, 1.807) is 54.7 Å². The van der Waals surface area contributed by atoms with Gasteiger partial charge in [-0.05, 0) is 52.3 Å². The first kappa shape index (κ1) is 19.9. The molecule has 0 unspecified atom stereocenters. The van der Waals surface area contributed by atoms with Crippen molar-refractivity contribution < 1.29 is 14.3 Å². The van der Waals surface area contributed by atoms with E-state index in [0.717, 1.165) is 4.47 Å². The molecule has 0 radical (unpaired) electrons. The first-order valence-electron chi connectivity index (χ1n) is 8.04. The second-order valence-corrected chi connectivity index (χ2v) is 7.27. The molecule has 0 saturated carbocycles. The number of aromatic nitrogens is 1. The Balaban J connectivity index is 1.80. The minimum atomic E-state index is -0.502. The molecule has 1 heterocycles. The van der Waals surface area contributed by atoms with E-state index < -0.39 is 11.9 Å². The summed E-state index contributed by atoms with van der Waals surface area (Å²) in [5.74, 6) is -0.615. The van der Waals surface area contributed by atoms with Crippen molar-refractivity contribution in [2.24, 2.45) is 5.10 Å². The Kier molecular flexibility index (Phi) is 6.67. The molecule has 0 saturated heterocycles. The standard InChI is InChI=1S/C20H13Br2N3O3/c21-16-9-15(12-24-25-19(26)14-7-4-8-23-11-14)18(17(22)10-16)28-20(27)13-5-2-1-3-6-13/h1-12H,(H,25,26). The highest BCUT2D eigenvalue weighted by Crippen LogP contribution is 2.32. The summed E-state index contributed by atoms with van der Waals surface area (Å²) in [4.78, 5) is 28.3.